The summed E-state index contributed by atoms with van der Waals surface area (Å²) in [5.41, 5.74) is 2.05. The number of nitrogens with one attached hydrogen (secondary N) is 1. The first-order valence-corrected chi connectivity index (χ1v) is 8.35. The Morgan fingerprint density at radius 3 is 2.43 bits per heavy atom. The number of aryl methyl sites for hydroxylation is 2. The lowest BCUT2D eigenvalue weighted by molar-refractivity contribution is 0.459. The second-order valence-electron chi connectivity index (χ2n) is 5.26. The Morgan fingerprint density at radius 2 is 1.78 bits per heavy atom. The molecule has 0 bridgehead atoms. The van der Waals surface area contributed by atoms with Crippen molar-refractivity contribution < 1.29 is 18.6 Å². The molecule has 0 heterocycles. The summed E-state index contributed by atoms with van der Waals surface area (Å²) in [6, 6.07) is 8.93. The maximum Gasteiger partial charge on any atom is 0.276 e. The molecule has 0 aliphatic heterocycles. The van der Waals surface area contributed by atoms with E-state index in [1.807, 2.05) is 6.92 Å². The molecule has 23 heavy (non-hydrogen) atoms. The van der Waals surface area contributed by atoms with Crippen LogP contribution in [0.5, 0.6) is 11.5 Å². The van der Waals surface area contributed by atoms with Crippen molar-refractivity contribution in [1.29, 1.82) is 0 Å². The van der Waals surface area contributed by atoms with E-state index in [0.29, 0.717) is 5.56 Å². The van der Waals surface area contributed by atoms with Gasteiger partial charge in [-0.15, -0.1) is 0 Å². The van der Waals surface area contributed by atoms with Gasteiger partial charge in [0.15, 0.2) is 0 Å². The van der Waals surface area contributed by atoms with Crippen molar-refractivity contribution in [3.8, 4) is 11.5 Å². The molecule has 2 aromatic carbocycles. The number of nitrogens with zero attached hydrogens (tertiary/aromatic N) is 1. The first kappa shape index (κ1) is 16.8. The standard InChI is InChI=1S/C16H18N2O4S/c1-10-4-7-16(11(2)8-10)23(21,22)18-17-12(3)14-9-13(19)5-6-15(14)20/h4-9,18-20H,1-3H3. The molecule has 122 valence electrons. The van der Waals surface area contributed by atoms with Gasteiger partial charge in [0.1, 0.15) is 11.5 Å². The van der Waals surface area contributed by atoms with Crippen LogP contribution in [0.2, 0.25) is 0 Å². The van der Waals surface area contributed by atoms with Crippen LogP contribution in [-0.4, -0.2) is 24.3 Å². The van der Waals surface area contributed by atoms with Crippen LogP contribution in [0.15, 0.2) is 46.4 Å². The van der Waals surface area contributed by atoms with E-state index in [9.17, 15) is 18.6 Å². The maximum absolute atomic E-state index is 12.3. The number of phenols is 2. The highest BCUT2D eigenvalue weighted by atomic mass is 32.2. The van der Waals surface area contributed by atoms with Crippen LogP contribution in [0.3, 0.4) is 0 Å². The Labute approximate surface area is 135 Å². The van der Waals surface area contributed by atoms with Crippen molar-refractivity contribution in [2.75, 3.05) is 0 Å². The van der Waals surface area contributed by atoms with Gasteiger partial charge in [-0.3, -0.25) is 0 Å². The van der Waals surface area contributed by atoms with E-state index in [-0.39, 0.29) is 27.7 Å². The Balaban J connectivity index is 2.32. The zero-order valence-corrected chi connectivity index (χ0v) is 13.8. The minimum absolute atomic E-state index is 0.0513. The minimum Gasteiger partial charge on any atom is -0.508 e. The summed E-state index contributed by atoms with van der Waals surface area (Å²) in [4.78, 5) is 2.29. The molecular formula is C16H18N2O4S. The largest absolute Gasteiger partial charge is 0.508 e. The molecule has 6 nitrogen and oxygen atoms in total. The van der Waals surface area contributed by atoms with Crippen LogP contribution in [-0.2, 0) is 10.0 Å². The molecule has 3 N–H and O–H groups in total. The van der Waals surface area contributed by atoms with Gasteiger partial charge in [-0.2, -0.15) is 18.4 Å². The average molecular weight is 334 g/mol. The molecule has 0 aliphatic carbocycles. The number of hydrogen-bond donors (Lipinski definition) is 3. The molecule has 2 rings (SSSR count). The Kier molecular flexibility index (Phi) is 4.60. The Bertz CT molecular complexity index is 874. The normalized spacial score (nSPS) is 12.2. The summed E-state index contributed by atoms with van der Waals surface area (Å²) in [6.45, 7) is 5.11. The van der Waals surface area contributed by atoms with Gasteiger partial charge in [-0.25, -0.2) is 0 Å². The molecular weight excluding hydrogens is 316 g/mol. The van der Waals surface area contributed by atoms with Gasteiger partial charge in [0, 0.05) is 5.56 Å². The molecule has 2 aromatic rings. The summed E-state index contributed by atoms with van der Waals surface area (Å²) in [5.74, 6) is -0.153. The summed E-state index contributed by atoms with van der Waals surface area (Å²) >= 11 is 0. The topological polar surface area (TPSA) is 99.0 Å². The van der Waals surface area contributed by atoms with Gasteiger partial charge in [0.2, 0.25) is 0 Å². The van der Waals surface area contributed by atoms with E-state index >= 15 is 0 Å². The molecule has 7 heteroatoms. The first-order chi connectivity index (χ1) is 10.7. The monoisotopic (exact) mass is 334 g/mol. The molecule has 0 fully saturated rings. The molecule has 0 aromatic heterocycles. The lowest BCUT2D eigenvalue weighted by atomic mass is 10.1. The molecule has 0 atom stereocenters. The summed E-state index contributed by atoms with van der Waals surface area (Å²) < 4.78 is 24.6. The summed E-state index contributed by atoms with van der Waals surface area (Å²) in [5, 5.41) is 23.0. The van der Waals surface area contributed by atoms with Crippen molar-refractivity contribution in [3.05, 3.63) is 53.1 Å². The van der Waals surface area contributed by atoms with Crippen LogP contribution in [0.4, 0.5) is 0 Å². The van der Waals surface area contributed by atoms with Gasteiger partial charge in [0.25, 0.3) is 10.0 Å². The Hall–Kier alpha value is -2.54. The lowest BCUT2D eigenvalue weighted by Crippen LogP contribution is -2.21. The van der Waals surface area contributed by atoms with E-state index in [1.165, 1.54) is 31.2 Å². The number of hydrogen-bond acceptors (Lipinski definition) is 5. The molecule has 0 amide bonds. The fourth-order valence-electron chi connectivity index (χ4n) is 2.15. The third-order valence-corrected chi connectivity index (χ3v) is 4.69. The molecule has 0 aliphatic rings. The number of benzene rings is 2. The van der Waals surface area contributed by atoms with Gasteiger partial charge >= 0.3 is 0 Å². The minimum atomic E-state index is -3.82. The first-order valence-electron chi connectivity index (χ1n) is 6.86. The average Bonchev–Trinajstić information content (AvgIpc) is 2.47. The summed E-state index contributed by atoms with van der Waals surface area (Å²) in [6.07, 6.45) is 0. The lowest BCUT2D eigenvalue weighted by Gasteiger charge is -2.09. The van der Waals surface area contributed by atoms with E-state index in [2.05, 4.69) is 9.93 Å². The van der Waals surface area contributed by atoms with E-state index < -0.39 is 10.0 Å². The van der Waals surface area contributed by atoms with Crippen LogP contribution < -0.4 is 4.83 Å². The second kappa shape index (κ2) is 6.29. The van der Waals surface area contributed by atoms with Gasteiger partial charge in [-0.1, -0.05) is 17.7 Å². The highest BCUT2D eigenvalue weighted by molar-refractivity contribution is 7.89. The van der Waals surface area contributed by atoms with Crippen molar-refractivity contribution in [2.24, 2.45) is 5.10 Å². The van der Waals surface area contributed by atoms with Crippen molar-refractivity contribution in [3.63, 3.8) is 0 Å². The molecule has 0 radical (unpaired) electrons. The highest BCUT2D eigenvalue weighted by Gasteiger charge is 2.16. The highest BCUT2D eigenvalue weighted by Crippen LogP contribution is 2.23. The molecule has 0 spiro atoms. The predicted molar refractivity (Wildman–Crippen MR) is 88.2 cm³/mol. The molecule has 0 saturated carbocycles. The van der Waals surface area contributed by atoms with Gasteiger partial charge < -0.3 is 10.2 Å². The number of rotatable bonds is 4. The van der Waals surface area contributed by atoms with E-state index in [1.54, 1.807) is 19.1 Å². The van der Waals surface area contributed by atoms with Crippen LogP contribution in [0, 0.1) is 13.8 Å². The zero-order valence-electron chi connectivity index (χ0n) is 13.0. The maximum atomic E-state index is 12.3. The Morgan fingerprint density at radius 1 is 1.09 bits per heavy atom. The smallest absolute Gasteiger partial charge is 0.276 e. The zero-order chi connectivity index (χ0) is 17.2. The molecule has 0 unspecified atom stereocenters. The third kappa shape index (κ3) is 3.81. The van der Waals surface area contributed by atoms with Gasteiger partial charge in [0.05, 0.1) is 10.6 Å². The van der Waals surface area contributed by atoms with Crippen molar-refractivity contribution in [2.45, 2.75) is 25.7 Å². The number of aromatic hydroxyl groups is 2. The van der Waals surface area contributed by atoms with E-state index in [0.717, 1.165) is 5.56 Å². The van der Waals surface area contributed by atoms with Crippen molar-refractivity contribution in [1.82, 2.24) is 4.83 Å². The van der Waals surface area contributed by atoms with Gasteiger partial charge in [-0.05, 0) is 50.6 Å². The van der Waals surface area contributed by atoms with Crippen LogP contribution in [0.1, 0.15) is 23.6 Å². The van der Waals surface area contributed by atoms with Crippen molar-refractivity contribution >= 4 is 15.7 Å². The summed E-state index contributed by atoms with van der Waals surface area (Å²) in [7, 11) is -3.82. The quantitative estimate of drug-likeness (QED) is 0.454. The fourth-order valence-corrected chi connectivity index (χ4v) is 3.24. The number of sulfonamides is 1. The second-order valence-corrected chi connectivity index (χ2v) is 6.89. The number of phenolic OH excluding ortho intramolecular Hbond substituents is 2. The van der Waals surface area contributed by atoms with Crippen LogP contribution in [0.25, 0.3) is 0 Å². The number of hydrazone groups is 1. The fraction of sp³-hybridized carbons (Fsp3) is 0.188. The predicted octanol–water partition coefficient (Wildman–Crippen LogP) is 2.42. The SMILES string of the molecule is CC(=NNS(=O)(=O)c1ccc(C)cc1C)c1cc(O)ccc1O. The third-order valence-electron chi connectivity index (χ3n) is 3.32. The van der Waals surface area contributed by atoms with Crippen LogP contribution >= 0.6 is 0 Å². The molecule has 0 saturated heterocycles. The van der Waals surface area contributed by atoms with E-state index in [4.69, 9.17) is 0 Å².